The van der Waals surface area contributed by atoms with Crippen LogP contribution in [-0.2, 0) is 9.59 Å². The van der Waals surface area contributed by atoms with Crippen molar-refractivity contribution in [3.63, 3.8) is 0 Å². The minimum Gasteiger partial charge on any atom is -0.399 e. The number of hydrogen-bond acceptors (Lipinski definition) is 3. The van der Waals surface area contributed by atoms with Crippen LogP contribution in [-0.4, -0.2) is 23.1 Å². The van der Waals surface area contributed by atoms with Gasteiger partial charge in [0, 0.05) is 12.2 Å². The molecule has 1 atom stereocenters. The van der Waals surface area contributed by atoms with E-state index in [-0.39, 0.29) is 18.1 Å². The van der Waals surface area contributed by atoms with E-state index in [0.29, 0.717) is 12.2 Å². The number of carbonyl (C=O) groups excluding carboxylic acids is 2. The predicted octanol–water partition coefficient (Wildman–Crippen LogP) is 1.13. The highest BCUT2D eigenvalue weighted by Crippen LogP contribution is 2.29. The van der Waals surface area contributed by atoms with Crippen LogP contribution in [0.1, 0.15) is 24.9 Å². The van der Waals surface area contributed by atoms with E-state index in [1.807, 2.05) is 6.92 Å². The normalized spacial score (nSPS) is 20.6. The molecule has 1 aromatic rings. The summed E-state index contributed by atoms with van der Waals surface area (Å²) in [5.41, 5.74) is 7.08. The number of amides is 1. The minimum absolute atomic E-state index is 0.0167. The maximum Gasteiger partial charge on any atom is 0.230 e. The number of rotatable bonds is 2. The van der Waals surface area contributed by atoms with Gasteiger partial charge in [0.1, 0.15) is 6.04 Å². The topological polar surface area (TPSA) is 63.4 Å². The smallest absolute Gasteiger partial charge is 0.230 e. The molecule has 0 aromatic heterocycles. The molecule has 16 heavy (non-hydrogen) atoms. The number of benzene rings is 1. The van der Waals surface area contributed by atoms with Gasteiger partial charge in [-0.3, -0.25) is 9.59 Å². The van der Waals surface area contributed by atoms with Crippen LogP contribution >= 0.6 is 0 Å². The lowest BCUT2D eigenvalue weighted by Crippen LogP contribution is -2.28. The number of likely N-dealkylation sites (tertiary alicyclic amines) is 1. The van der Waals surface area contributed by atoms with Crippen molar-refractivity contribution in [3.05, 3.63) is 29.8 Å². The van der Waals surface area contributed by atoms with Gasteiger partial charge in [0.05, 0.1) is 6.42 Å². The van der Waals surface area contributed by atoms with Crippen LogP contribution in [0, 0.1) is 0 Å². The minimum atomic E-state index is -0.418. The Bertz CT molecular complexity index is 425. The predicted molar refractivity (Wildman–Crippen MR) is 60.6 cm³/mol. The third-order valence-electron chi connectivity index (χ3n) is 2.86. The van der Waals surface area contributed by atoms with Gasteiger partial charge < -0.3 is 10.6 Å². The van der Waals surface area contributed by atoms with Crippen molar-refractivity contribution in [2.24, 2.45) is 0 Å². The highest BCUT2D eigenvalue weighted by molar-refractivity contribution is 6.07. The van der Waals surface area contributed by atoms with Gasteiger partial charge in [0.2, 0.25) is 5.91 Å². The second kappa shape index (κ2) is 3.96. The summed E-state index contributed by atoms with van der Waals surface area (Å²) in [5, 5.41) is 0. The van der Waals surface area contributed by atoms with E-state index >= 15 is 0 Å². The Balaban J connectivity index is 2.35. The first kappa shape index (κ1) is 10.7. The Hall–Kier alpha value is -1.84. The SMILES string of the molecule is CCN1C(=O)CC(=O)C1c1ccc(N)cc1. The maximum absolute atomic E-state index is 11.7. The summed E-state index contributed by atoms with van der Waals surface area (Å²) in [5.74, 6) is -0.119. The zero-order valence-corrected chi connectivity index (χ0v) is 9.14. The van der Waals surface area contributed by atoms with Crippen molar-refractivity contribution in [2.45, 2.75) is 19.4 Å². The lowest BCUT2D eigenvalue weighted by Gasteiger charge is -2.22. The molecule has 0 radical (unpaired) electrons. The molecule has 1 fully saturated rings. The number of likely N-dealkylation sites (N-methyl/N-ethyl adjacent to an activating group) is 1. The van der Waals surface area contributed by atoms with Crippen LogP contribution in [0.25, 0.3) is 0 Å². The van der Waals surface area contributed by atoms with Crippen molar-refractivity contribution >= 4 is 17.4 Å². The first-order valence-electron chi connectivity index (χ1n) is 5.31. The van der Waals surface area contributed by atoms with Gasteiger partial charge >= 0.3 is 0 Å². The Kier molecular flexibility index (Phi) is 2.64. The number of Topliss-reactive ketones (excluding diaryl/α,β-unsaturated/α-hetero) is 1. The van der Waals surface area contributed by atoms with Gasteiger partial charge in [-0.15, -0.1) is 0 Å². The third-order valence-corrected chi connectivity index (χ3v) is 2.86. The van der Waals surface area contributed by atoms with Gasteiger partial charge in [-0.05, 0) is 24.6 Å². The average molecular weight is 218 g/mol. The molecule has 0 bridgehead atoms. The van der Waals surface area contributed by atoms with Crippen LogP contribution in [0.4, 0.5) is 5.69 Å². The van der Waals surface area contributed by atoms with Crippen LogP contribution in [0.5, 0.6) is 0 Å². The number of anilines is 1. The van der Waals surface area contributed by atoms with Gasteiger partial charge in [-0.25, -0.2) is 0 Å². The van der Waals surface area contributed by atoms with E-state index in [4.69, 9.17) is 5.73 Å². The molecule has 2 rings (SSSR count). The van der Waals surface area contributed by atoms with Crippen LogP contribution in [0.3, 0.4) is 0 Å². The van der Waals surface area contributed by atoms with Crippen molar-refractivity contribution in [1.82, 2.24) is 4.90 Å². The Morgan fingerprint density at radius 1 is 1.31 bits per heavy atom. The van der Waals surface area contributed by atoms with Crippen LogP contribution in [0.2, 0.25) is 0 Å². The molecule has 4 heteroatoms. The molecular weight excluding hydrogens is 204 g/mol. The van der Waals surface area contributed by atoms with Gasteiger partial charge in [0.25, 0.3) is 0 Å². The number of nitrogen functional groups attached to an aromatic ring is 1. The zero-order chi connectivity index (χ0) is 11.7. The second-order valence-corrected chi connectivity index (χ2v) is 3.89. The Morgan fingerprint density at radius 3 is 2.50 bits per heavy atom. The van der Waals surface area contributed by atoms with E-state index < -0.39 is 6.04 Å². The Labute approximate surface area is 94.0 Å². The lowest BCUT2D eigenvalue weighted by molar-refractivity contribution is -0.128. The second-order valence-electron chi connectivity index (χ2n) is 3.89. The summed E-state index contributed by atoms with van der Waals surface area (Å²) >= 11 is 0. The monoisotopic (exact) mass is 218 g/mol. The maximum atomic E-state index is 11.7. The molecule has 84 valence electrons. The van der Waals surface area contributed by atoms with E-state index in [1.165, 1.54) is 0 Å². The van der Waals surface area contributed by atoms with Gasteiger partial charge in [0.15, 0.2) is 5.78 Å². The zero-order valence-electron chi connectivity index (χ0n) is 9.14. The fourth-order valence-electron chi connectivity index (χ4n) is 2.07. The van der Waals surface area contributed by atoms with Crippen molar-refractivity contribution in [2.75, 3.05) is 12.3 Å². The summed E-state index contributed by atoms with van der Waals surface area (Å²) in [6.45, 7) is 2.43. The van der Waals surface area contributed by atoms with Gasteiger partial charge in [-0.1, -0.05) is 12.1 Å². The first-order chi connectivity index (χ1) is 7.63. The first-order valence-corrected chi connectivity index (χ1v) is 5.31. The molecule has 0 saturated carbocycles. The standard InChI is InChI=1S/C12H14N2O2/c1-2-14-11(16)7-10(15)12(14)8-3-5-9(13)6-4-8/h3-6,12H,2,7,13H2,1H3. The van der Waals surface area contributed by atoms with Crippen molar-refractivity contribution in [1.29, 1.82) is 0 Å². The lowest BCUT2D eigenvalue weighted by atomic mass is 10.0. The molecule has 1 unspecified atom stereocenters. The summed E-state index contributed by atoms with van der Waals surface area (Å²) in [6.07, 6.45) is 0.0167. The fraction of sp³-hybridized carbons (Fsp3) is 0.333. The summed E-state index contributed by atoms with van der Waals surface area (Å²) < 4.78 is 0. The average Bonchev–Trinajstić information content (AvgIpc) is 2.54. The molecule has 4 nitrogen and oxygen atoms in total. The third kappa shape index (κ3) is 1.66. The highest BCUT2D eigenvalue weighted by atomic mass is 16.2. The highest BCUT2D eigenvalue weighted by Gasteiger charge is 2.38. The molecule has 1 amide bonds. The fourth-order valence-corrected chi connectivity index (χ4v) is 2.07. The van der Waals surface area contributed by atoms with Crippen molar-refractivity contribution in [3.8, 4) is 0 Å². The molecule has 1 saturated heterocycles. The quantitative estimate of drug-likeness (QED) is 0.598. The molecule has 1 heterocycles. The Morgan fingerprint density at radius 2 is 1.94 bits per heavy atom. The summed E-state index contributed by atoms with van der Waals surface area (Å²) in [4.78, 5) is 24.9. The summed E-state index contributed by atoms with van der Waals surface area (Å²) in [6, 6.07) is 6.69. The number of nitrogens with two attached hydrogens (primary N) is 1. The van der Waals surface area contributed by atoms with Crippen molar-refractivity contribution < 1.29 is 9.59 Å². The number of nitrogens with zero attached hydrogens (tertiary/aromatic N) is 1. The van der Waals surface area contributed by atoms with E-state index in [2.05, 4.69) is 0 Å². The molecule has 1 aromatic carbocycles. The van der Waals surface area contributed by atoms with E-state index in [0.717, 1.165) is 5.56 Å². The van der Waals surface area contributed by atoms with E-state index in [1.54, 1.807) is 29.2 Å². The molecule has 0 spiro atoms. The molecule has 2 N–H and O–H groups in total. The number of ketones is 1. The number of hydrogen-bond donors (Lipinski definition) is 1. The molecule has 1 aliphatic heterocycles. The summed E-state index contributed by atoms with van der Waals surface area (Å²) in [7, 11) is 0. The molecule has 1 aliphatic rings. The van der Waals surface area contributed by atoms with Gasteiger partial charge in [-0.2, -0.15) is 0 Å². The molecular formula is C12H14N2O2. The number of carbonyl (C=O) groups is 2. The van der Waals surface area contributed by atoms with Crippen LogP contribution < -0.4 is 5.73 Å². The van der Waals surface area contributed by atoms with Crippen LogP contribution in [0.15, 0.2) is 24.3 Å². The van der Waals surface area contributed by atoms with E-state index in [9.17, 15) is 9.59 Å². The largest absolute Gasteiger partial charge is 0.399 e. The molecule has 0 aliphatic carbocycles.